The van der Waals surface area contributed by atoms with E-state index in [9.17, 15) is 4.79 Å². The predicted octanol–water partition coefficient (Wildman–Crippen LogP) is 3.69. The van der Waals surface area contributed by atoms with Crippen molar-refractivity contribution in [2.24, 2.45) is 11.6 Å². The van der Waals surface area contributed by atoms with E-state index in [4.69, 9.17) is 16.3 Å². The van der Waals surface area contributed by atoms with E-state index in [-0.39, 0.29) is 12.1 Å². The van der Waals surface area contributed by atoms with Gasteiger partial charge in [0, 0.05) is 35.3 Å². The number of nitrogens with two attached hydrogens (primary N) is 2. The molecule has 7 N–H and O–H groups in total. The third-order valence-corrected chi connectivity index (χ3v) is 6.97. The summed E-state index contributed by atoms with van der Waals surface area (Å²) in [6.07, 6.45) is 7.13. The normalized spacial score (nSPS) is 20.9. The average Bonchev–Trinajstić information content (AvgIpc) is 2.80. The Bertz CT molecular complexity index is 798. The summed E-state index contributed by atoms with van der Waals surface area (Å²) in [6.45, 7) is 6.79. The molecule has 1 aliphatic heterocycles. The monoisotopic (exact) mass is 493 g/mol. The van der Waals surface area contributed by atoms with Gasteiger partial charge in [0.05, 0.1) is 12.2 Å². The molecular weight excluding hydrogens is 450 g/mol. The van der Waals surface area contributed by atoms with E-state index < -0.39 is 11.8 Å². The molecule has 0 bridgehead atoms. The van der Waals surface area contributed by atoms with Gasteiger partial charge in [-0.3, -0.25) is 10.6 Å². The number of nitrogens with one attached hydrogen (secondary N) is 3. The maximum atomic E-state index is 12.5. The van der Waals surface area contributed by atoms with Crippen molar-refractivity contribution in [3.63, 3.8) is 0 Å². The van der Waals surface area contributed by atoms with Crippen LogP contribution >= 0.6 is 11.9 Å². The molecule has 1 saturated carbocycles. The summed E-state index contributed by atoms with van der Waals surface area (Å²) in [5.74, 6) is 6.43. The van der Waals surface area contributed by atoms with Crippen LogP contribution in [0.4, 0.5) is 10.5 Å². The Hall–Kier alpha value is -1.56. The van der Waals surface area contributed by atoms with Gasteiger partial charge < -0.3 is 20.7 Å². The maximum Gasteiger partial charge on any atom is 0.410 e. The predicted molar refractivity (Wildman–Crippen MR) is 139 cm³/mol. The number of carbonyl (C=O) groups is 1. The first-order valence-corrected chi connectivity index (χ1v) is 13.3. The maximum absolute atomic E-state index is 12.5. The molecule has 1 aliphatic carbocycles. The van der Waals surface area contributed by atoms with Gasteiger partial charge in [0.2, 0.25) is 0 Å². The van der Waals surface area contributed by atoms with Crippen LogP contribution in [0.15, 0.2) is 23.1 Å². The van der Waals surface area contributed by atoms with E-state index in [1.807, 2.05) is 27.8 Å². The molecule has 2 atom stereocenters. The molecule has 2 unspecified atom stereocenters. The van der Waals surface area contributed by atoms with Gasteiger partial charge in [0.1, 0.15) is 5.60 Å². The van der Waals surface area contributed by atoms with Crippen LogP contribution in [0.2, 0.25) is 0 Å². The van der Waals surface area contributed by atoms with Gasteiger partial charge in [0.15, 0.2) is 0 Å². The minimum atomic E-state index is -0.523. The Balaban J connectivity index is 1.67. The first-order valence-electron chi connectivity index (χ1n) is 12.4. The van der Waals surface area contributed by atoms with Crippen LogP contribution < -0.4 is 27.0 Å². The summed E-state index contributed by atoms with van der Waals surface area (Å²) in [5.41, 5.74) is 11.4. The standard InChI is InChI=1S/C24H43N7O2S/c1-24(2,3)33-23(32)30-14-8-11-18(16-30)31(26)29-22(25)20-15-19(34-27-4)12-13-21(20)28-17-9-6-5-7-10-17/h12-13,15,17-18,22,27-29H,5-11,14,16,25-26H2,1-4H3. The molecule has 3 rings (SSSR count). The summed E-state index contributed by atoms with van der Waals surface area (Å²) >= 11 is 1.55. The van der Waals surface area contributed by atoms with Gasteiger partial charge in [-0.2, -0.15) is 5.12 Å². The van der Waals surface area contributed by atoms with Crippen LogP contribution in [0.5, 0.6) is 0 Å². The molecule has 34 heavy (non-hydrogen) atoms. The average molecular weight is 494 g/mol. The highest BCUT2D eigenvalue weighted by molar-refractivity contribution is 7.97. The van der Waals surface area contributed by atoms with Gasteiger partial charge in [-0.15, -0.1) is 0 Å². The number of hydrogen-bond acceptors (Lipinski definition) is 9. The third-order valence-electron chi connectivity index (χ3n) is 6.27. The number of benzene rings is 1. The molecule has 1 aromatic rings. The van der Waals surface area contributed by atoms with Crippen molar-refractivity contribution in [2.45, 2.75) is 94.5 Å². The topological polar surface area (TPSA) is 121 Å². The highest BCUT2D eigenvalue weighted by atomic mass is 32.2. The lowest BCUT2D eigenvalue weighted by molar-refractivity contribution is 0.000954. The Morgan fingerprint density at radius 2 is 1.94 bits per heavy atom. The van der Waals surface area contributed by atoms with Crippen LogP contribution in [0.1, 0.15) is 77.4 Å². The highest BCUT2D eigenvalue weighted by Crippen LogP contribution is 2.29. The van der Waals surface area contributed by atoms with Crippen molar-refractivity contribution in [3.05, 3.63) is 23.8 Å². The Labute approximate surface area is 208 Å². The molecule has 2 fully saturated rings. The molecular formula is C24H43N7O2S. The van der Waals surface area contributed by atoms with Crippen molar-refractivity contribution in [1.29, 1.82) is 0 Å². The third kappa shape index (κ3) is 8.00. The molecule has 1 aromatic carbocycles. The SMILES string of the molecule is CNSc1ccc(NC2CCCCC2)c(C(N)NN(N)C2CCCN(C(=O)OC(C)(C)C)C2)c1. The number of hydrazine groups is 2. The lowest BCUT2D eigenvalue weighted by Gasteiger charge is -2.38. The van der Waals surface area contributed by atoms with Crippen LogP contribution in [-0.2, 0) is 4.74 Å². The van der Waals surface area contributed by atoms with E-state index in [0.717, 1.165) is 29.0 Å². The van der Waals surface area contributed by atoms with Gasteiger partial charge >= 0.3 is 6.09 Å². The zero-order valence-corrected chi connectivity index (χ0v) is 21.9. The number of likely N-dealkylation sites (tertiary alicyclic amines) is 1. The van der Waals surface area contributed by atoms with Crippen LogP contribution in [-0.4, -0.2) is 53.9 Å². The molecule has 2 aliphatic rings. The molecule has 0 radical (unpaired) electrons. The highest BCUT2D eigenvalue weighted by Gasteiger charge is 2.30. The fourth-order valence-corrected chi connectivity index (χ4v) is 5.15. The Morgan fingerprint density at radius 3 is 2.62 bits per heavy atom. The molecule has 1 heterocycles. The second kappa shape index (κ2) is 12.4. The van der Waals surface area contributed by atoms with E-state index in [1.165, 1.54) is 32.1 Å². The lowest BCUT2D eigenvalue weighted by atomic mass is 9.95. The number of hydrogen-bond donors (Lipinski definition) is 5. The summed E-state index contributed by atoms with van der Waals surface area (Å²) in [6, 6.07) is 6.72. The number of carbonyl (C=O) groups excluding carboxylic acids is 1. The quantitative estimate of drug-likeness (QED) is 0.160. The van der Waals surface area contributed by atoms with Gasteiger partial charge in [-0.1, -0.05) is 19.3 Å². The smallest absolute Gasteiger partial charge is 0.410 e. The van der Waals surface area contributed by atoms with Crippen molar-refractivity contribution < 1.29 is 9.53 Å². The van der Waals surface area contributed by atoms with Crippen LogP contribution in [0.25, 0.3) is 0 Å². The van der Waals surface area contributed by atoms with Gasteiger partial charge in [0.25, 0.3) is 0 Å². The van der Waals surface area contributed by atoms with E-state index in [2.05, 4.69) is 33.7 Å². The Morgan fingerprint density at radius 1 is 1.21 bits per heavy atom. The molecule has 9 nitrogen and oxygen atoms in total. The molecule has 1 amide bonds. The first kappa shape index (κ1) is 27.0. The van der Waals surface area contributed by atoms with Gasteiger partial charge in [-0.25, -0.2) is 10.2 Å². The van der Waals surface area contributed by atoms with Crippen molar-refractivity contribution in [3.8, 4) is 0 Å². The molecule has 0 spiro atoms. The number of ether oxygens (including phenoxy) is 1. The zero-order chi connectivity index (χ0) is 24.7. The van der Waals surface area contributed by atoms with E-state index in [1.54, 1.807) is 22.0 Å². The molecule has 10 heteroatoms. The summed E-state index contributed by atoms with van der Waals surface area (Å²) in [7, 11) is 1.90. The Kier molecular flexibility index (Phi) is 9.87. The number of rotatable bonds is 8. The second-order valence-electron chi connectivity index (χ2n) is 10.3. The number of amides is 1. The molecule has 192 valence electrons. The number of nitrogens with zero attached hydrogens (tertiary/aromatic N) is 2. The first-order chi connectivity index (χ1) is 16.2. The van der Waals surface area contributed by atoms with Crippen molar-refractivity contribution in [2.75, 3.05) is 25.5 Å². The van der Waals surface area contributed by atoms with Crippen LogP contribution in [0.3, 0.4) is 0 Å². The zero-order valence-electron chi connectivity index (χ0n) is 21.1. The second-order valence-corrected chi connectivity index (χ2v) is 11.4. The largest absolute Gasteiger partial charge is 0.444 e. The van der Waals surface area contributed by atoms with Crippen molar-refractivity contribution >= 4 is 23.7 Å². The molecule has 1 saturated heterocycles. The van der Waals surface area contributed by atoms with Crippen LogP contribution in [0, 0.1) is 0 Å². The van der Waals surface area contributed by atoms with Gasteiger partial charge in [-0.05, 0) is 83.6 Å². The summed E-state index contributed by atoms with van der Waals surface area (Å²) in [5, 5.41) is 5.29. The van der Waals surface area contributed by atoms with E-state index >= 15 is 0 Å². The summed E-state index contributed by atoms with van der Waals surface area (Å²) < 4.78 is 8.67. The fraction of sp³-hybridized carbons (Fsp3) is 0.708. The molecule has 0 aromatic heterocycles. The number of anilines is 1. The fourth-order valence-electron chi connectivity index (χ4n) is 4.59. The van der Waals surface area contributed by atoms with E-state index in [0.29, 0.717) is 19.1 Å². The minimum Gasteiger partial charge on any atom is -0.444 e. The minimum absolute atomic E-state index is 0.0584. The summed E-state index contributed by atoms with van der Waals surface area (Å²) in [4.78, 5) is 15.4. The van der Waals surface area contributed by atoms with Crippen molar-refractivity contribution in [1.82, 2.24) is 20.2 Å². The lowest BCUT2D eigenvalue weighted by Crippen LogP contribution is -2.59. The number of piperidine rings is 1.